The van der Waals surface area contributed by atoms with E-state index in [4.69, 9.17) is 0 Å². The summed E-state index contributed by atoms with van der Waals surface area (Å²) in [6.45, 7) is 9.11. The second kappa shape index (κ2) is 7.67. The average Bonchev–Trinajstić information content (AvgIpc) is 2.43. The van der Waals surface area contributed by atoms with Crippen LogP contribution >= 0.6 is 0 Å². The maximum Gasteiger partial charge on any atom is 0.276 e. The van der Waals surface area contributed by atoms with Crippen LogP contribution < -0.4 is 10.6 Å². The lowest BCUT2D eigenvalue weighted by Crippen LogP contribution is -2.24. The molecule has 0 bridgehead atoms. The van der Waals surface area contributed by atoms with Crippen LogP contribution in [-0.4, -0.2) is 22.5 Å². The molecule has 0 aliphatic heterocycles. The minimum Gasteiger partial charge on any atom is -0.370 e. The molecule has 1 rings (SSSR count). The summed E-state index contributed by atoms with van der Waals surface area (Å²) in [5, 5.41) is 17.3. The van der Waals surface area contributed by atoms with Crippen molar-refractivity contribution in [2.24, 2.45) is 5.92 Å². The highest BCUT2D eigenvalue weighted by Gasteiger charge is 2.15. The largest absolute Gasteiger partial charge is 0.370 e. The van der Waals surface area contributed by atoms with Crippen LogP contribution in [0.15, 0.2) is 12.1 Å². The minimum atomic E-state index is -0.391. The molecule has 6 heteroatoms. The number of nitrogens with zero attached hydrogens (tertiary/aromatic N) is 2. The predicted octanol–water partition coefficient (Wildman–Crippen LogP) is 3.66. The zero-order valence-electron chi connectivity index (χ0n) is 12.6. The van der Waals surface area contributed by atoms with Crippen molar-refractivity contribution in [3.63, 3.8) is 0 Å². The van der Waals surface area contributed by atoms with Crippen molar-refractivity contribution in [2.75, 3.05) is 17.2 Å². The van der Waals surface area contributed by atoms with Gasteiger partial charge in [-0.3, -0.25) is 10.1 Å². The van der Waals surface area contributed by atoms with Crippen LogP contribution in [0, 0.1) is 16.0 Å². The Hall–Kier alpha value is -1.85. The van der Waals surface area contributed by atoms with Gasteiger partial charge in [0.15, 0.2) is 0 Å². The van der Waals surface area contributed by atoms with E-state index in [2.05, 4.69) is 36.4 Å². The lowest BCUT2D eigenvalue weighted by atomic mass is 10.0. The average molecular weight is 280 g/mol. The molecule has 2 unspecified atom stereocenters. The van der Waals surface area contributed by atoms with Gasteiger partial charge in [0, 0.05) is 12.6 Å². The van der Waals surface area contributed by atoms with Crippen LogP contribution in [-0.2, 0) is 0 Å². The molecule has 0 fully saturated rings. The minimum absolute atomic E-state index is 0.0532. The van der Waals surface area contributed by atoms with Crippen molar-refractivity contribution in [2.45, 2.75) is 46.6 Å². The van der Waals surface area contributed by atoms with Crippen molar-refractivity contribution in [3.05, 3.63) is 22.2 Å². The Labute approximate surface area is 120 Å². The predicted molar refractivity (Wildman–Crippen MR) is 82.2 cm³/mol. The van der Waals surface area contributed by atoms with E-state index in [1.54, 1.807) is 0 Å². The molecule has 0 saturated carbocycles. The first kappa shape index (κ1) is 16.2. The Morgan fingerprint density at radius 1 is 1.30 bits per heavy atom. The molecule has 1 aromatic heterocycles. The van der Waals surface area contributed by atoms with E-state index in [1.165, 1.54) is 12.1 Å². The summed E-state index contributed by atoms with van der Waals surface area (Å²) in [5.41, 5.74) is 0.0532. The molecule has 0 spiro atoms. The molecule has 1 heterocycles. The molecule has 2 N–H and O–H groups in total. The van der Waals surface area contributed by atoms with Gasteiger partial charge in [0.25, 0.3) is 5.69 Å². The summed E-state index contributed by atoms with van der Waals surface area (Å²) in [6.07, 6.45) is 1.99. The second-order valence-electron chi connectivity index (χ2n) is 5.10. The lowest BCUT2D eigenvalue weighted by Gasteiger charge is -2.20. The van der Waals surface area contributed by atoms with E-state index in [-0.39, 0.29) is 11.7 Å². The summed E-state index contributed by atoms with van der Waals surface area (Å²) in [7, 11) is 0. The Bertz CT molecular complexity index is 451. The fourth-order valence-corrected chi connectivity index (χ4v) is 1.77. The van der Waals surface area contributed by atoms with E-state index in [9.17, 15) is 10.1 Å². The van der Waals surface area contributed by atoms with Gasteiger partial charge in [-0.1, -0.05) is 27.2 Å². The smallest absolute Gasteiger partial charge is 0.276 e. The maximum atomic E-state index is 11.0. The number of nitro groups is 1. The molecule has 0 radical (unpaired) electrons. The van der Waals surface area contributed by atoms with Crippen molar-refractivity contribution >= 4 is 17.3 Å². The van der Waals surface area contributed by atoms with E-state index in [0.717, 1.165) is 19.4 Å². The molecule has 6 nitrogen and oxygen atoms in total. The van der Waals surface area contributed by atoms with Crippen molar-refractivity contribution in [1.82, 2.24) is 4.98 Å². The van der Waals surface area contributed by atoms with Crippen LogP contribution in [0.2, 0.25) is 0 Å². The van der Waals surface area contributed by atoms with Gasteiger partial charge in [-0.25, -0.2) is 4.98 Å². The number of hydrogen-bond donors (Lipinski definition) is 2. The quantitative estimate of drug-likeness (QED) is 0.561. The van der Waals surface area contributed by atoms with E-state index < -0.39 is 4.92 Å². The summed E-state index contributed by atoms with van der Waals surface area (Å²) >= 11 is 0. The molecule has 2 atom stereocenters. The summed E-state index contributed by atoms with van der Waals surface area (Å²) < 4.78 is 0. The topological polar surface area (TPSA) is 80.1 Å². The Morgan fingerprint density at radius 3 is 2.50 bits per heavy atom. The van der Waals surface area contributed by atoms with Gasteiger partial charge in [-0.2, -0.15) is 0 Å². The van der Waals surface area contributed by atoms with Crippen LogP contribution in [0.1, 0.15) is 40.5 Å². The second-order valence-corrected chi connectivity index (χ2v) is 5.10. The lowest BCUT2D eigenvalue weighted by molar-refractivity contribution is -0.384. The van der Waals surface area contributed by atoms with Crippen LogP contribution in [0.25, 0.3) is 0 Å². The third-order valence-electron chi connectivity index (χ3n) is 3.45. The fraction of sp³-hybridized carbons (Fsp3) is 0.643. The summed E-state index contributed by atoms with van der Waals surface area (Å²) in [4.78, 5) is 15.0. The van der Waals surface area contributed by atoms with Gasteiger partial charge in [-0.05, 0) is 19.3 Å². The fourth-order valence-electron chi connectivity index (χ4n) is 1.77. The van der Waals surface area contributed by atoms with Gasteiger partial charge >= 0.3 is 0 Å². The molecule has 112 valence electrons. The van der Waals surface area contributed by atoms with Crippen LogP contribution in [0.5, 0.6) is 0 Å². The molecular weight excluding hydrogens is 256 g/mol. The number of nitrogens with one attached hydrogen (secondary N) is 2. The molecule has 0 aliphatic rings. The standard InChI is InChI=1S/C14H24N4O2/c1-5-7-15-13-8-12(18(19)20)9-14(17-13)16-11(4)10(3)6-2/h8-11H,5-7H2,1-4H3,(H2,15,16,17). The van der Waals surface area contributed by atoms with Gasteiger partial charge in [0.2, 0.25) is 0 Å². The van der Waals surface area contributed by atoms with E-state index in [1.807, 2.05) is 6.92 Å². The molecule has 0 aliphatic carbocycles. The molecule has 0 aromatic carbocycles. The Kier molecular flexibility index (Phi) is 6.21. The molecule has 20 heavy (non-hydrogen) atoms. The highest BCUT2D eigenvalue weighted by molar-refractivity contribution is 5.55. The number of aromatic nitrogens is 1. The van der Waals surface area contributed by atoms with Gasteiger partial charge in [-0.15, -0.1) is 0 Å². The van der Waals surface area contributed by atoms with Crippen LogP contribution in [0.3, 0.4) is 0 Å². The van der Waals surface area contributed by atoms with Crippen molar-refractivity contribution in [1.29, 1.82) is 0 Å². The third kappa shape index (κ3) is 4.68. The molecular formula is C14H24N4O2. The SMILES string of the molecule is CCCNc1cc([N+](=O)[O-])cc(NC(C)C(C)CC)n1. The molecule has 1 aromatic rings. The van der Waals surface area contributed by atoms with Crippen molar-refractivity contribution < 1.29 is 4.92 Å². The first-order valence-electron chi connectivity index (χ1n) is 7.14. The zero-order chi connectivity index (χ0) is 15.1. The Morgan fingerprint density at radius 2 is 1.95 bits per heavy atom. The van der Waals surface area contributed by atoms with Gasteiger partial charge in [0.05, 0.1) is 17.1 Å². The number of rotatable bonds is 8. The maximum absolute atomic E-state index is 11.0. The number of pyridine rings is 1. The zero-order valence-corrected chi connectivity index (χ0v) is 12.6. The normalized spacial score (nSPS) is 13.6. The highest BCUT2D eigenvalue weighted by atomic mass is 16.6. The monoisotopic (exact) mass is 280 g/mol. The van der Waals surface area contributed by atoms with E-state index >= 15 is 0 Å². The number of hydrogen-bond acceptors (Lipinski definition) is 5. The van der Waals surface area contributed by atoms with Crippen LogP contribution in [0.4, 0.5) is 17.3 Å². The van der Waals surface area contributed by atoms with Gasteiger partial charge < -0.3 is 10.6 Å². The van der Waals surface area contributed by atoms with E-state index in [0.29, 0.717) is 17.6 Å². The molecule has 0 saturated heterocycles. The van der Waals surface area contributed by atoms with Gasteiger partial charge in [0.1, 0.15) is 11.6 Å². The molecule has 0 amide bonds. The third-order valence-corrected chi connectivity index (χ3v) is 3.45. The Balaban J connectivity index is 2.93. The summed E-state index contributed by atoms with van der Waals surface area (Å²) in [5.74, 6) is 1.56. The summed E-state index contributed by atoms with van der Waals surface area (Å²) in [6, 6.07) is 3.17. The van der Waals surface area contributed by atoms with Crippen molar-refractivity contribution in [3.8, 4) is 0 Å². The highest BCUT2D eigenvalue weighted by Crippen LogP contribution is 2.22. The number of anilines is 2. The first-order chi connectivity index (χ1) is 9.47. The first-order valence-corrected chi connectivity index (χ1v) is 7.14.